The summed E-state index contributed by atoms with van der Waals surface area (Å²) in [5, 5.41) is -0.550. The third kappa shape index (κ3) is 4.31. The van der Waals surface area contributed by atoms with E-state index in [4.69, 9.17) is 4.74 Å². The SMILES string of the molecule is COCCN(C)S(=O)(=O)[C@@H]1CCCN(C(=O)c2ccccc2)C1. The molecule has 1 amide bonds. The number of benzene rings is 1. The first-order valence-electron chi connectivity index (χ1n) is 7.75. The van der Waals surface area contributed by atoms with Crippen LogP contribution in [0.5, 0.6) is 0 Å². The highest BCUT2D eigenvalue weighted by atomic mass is 32.2. The second-order valence-corrected chi connectivity index (χ2v) is 8.06. The van der Waals surface area contributed by atoms with Gasteiger partial charge in [0, 0.05) is 39.4 Å². The number of hydrogen-bond acceptors (Lipinski definition) is 4. The van der Waals surface area contributed by atoms with Gasteiger partial charge in [-0.25, -0.2) is 12.7 Å². The summed E-state index contributed by atoms with van der Waals surface area (Å²) in [6.07, 6.45) is 1.28. The van der Waals surface area contributed by atoms with Crippen LogP contribution in [0, 0.1) is 0 Å². The summed E-state index contributed by atoms with van der Waals surface area (Å²) in [5.41, 5.74) is 0.596. The molecule has 0 saturated carbocycles. The minimum absolute atomic E-state index is 0.106. The maximum Gasteiger partial charge on any atom is 0.253 e. The smallest absolute Gasteiger partial charge is 0.253 e. The molecular formula is C16H24N2O4S. The van der Waals surface area contributed by atoms with E-state index in [-0.39, 0.29) is 12.5 Å². The Balaban J connectivity index is 2.07. The van der Waals surface area contributed by atoms with E-state index >= 15 is 0 Å². The lowest BCUT2D eigenvalue weighted by Crippen LogP contribution is -2.49. The Morgan fingerprint density at radius 3 is 2.70 bits per heavy atom. The van der Waals surface area contributed by atoms with Gasteiger partial charge in [0.25, 0.3) is 5.91 Å². The standard InChI is InChI=1S/C16H24N2O4S/c1-17(11-12-22-2)23(20,21)15-9-6-10-18(13-15)16(19)14-7-4-3-5-8-14/h3-5,7-8,15H,6,9-13H2,1-2H3/t15-/m1/s1. The van der Waals surface area contributed by atoms with Crippen LogP contribution in [0.3, 0.4) is 0 Å². The number of likely N-dealkylation sites (N-methyl/N-ethyl adjacent to an activating group) is 1. The Morgan fingerprint density at radius 1 is 1.35 bits per heavy atom. The molecule has 1 aromatic carbocycles. The highest BCUT2D eigenvalue weighted by Crippen LogP contribution is 2.21. The number of rotatable bonds is 6. The average molecular weight is 340 g/mol. The molecule has 0 N–H and O–H groups in total. The molecule has 2 rings (SSSR count). The topological polar surface area (TPSA) is 66.9 Å². The third-order valence-corrected chi connectivity index (χ3v) is 6.43. The van der Waals surface area contributed by atoms with Crippen LogP contribution in [-0.4, -0.2) is 69.2 Å². The number of piperidine rings is 1. The van der Waals surface area contributed by atoms with Crippen LogP contribution >= 0.6 is 0 Å². The predicted molar refractivity (Wildman–Crippen MR) is 88.8 cm³/mol. The molecule has 128 valence electrons. The Morgan fingerprint density at radius 2 is 2.04 bits per heavy atom. The van der Waals surface area contributed by atoms with Gasteiger partial charge in [-0.1, -0.05) is 18.2 Å². The molecule has 0 aromatic heterocycles. The van der Waals surface area contributed by atoms with Crippen molar-refractivity contribution >= 4 is 15.9 Å². The van der Waals surface area contributed by atoms with Crippen LogP contribution in [-0.2, 0) is 14.8 Å². The minimum Gasteiger partial charge on any atom is -0.383 e. The van der Waals surface area contributed by atoms with Gasteiger partial charge in [-0.3, -0.25) is 4.79 Å². The van der Waals surface area contributed by atoms with E-state index in [0.29, 0.717) is 38.1 Å². The lowest BCUT2D eigenvalue weighted by atomic mass is 10.1. The van der Waals surface area contributed by atoms with E-state index in [1.165, 1.54) is 4.31 Å². The Kier molecular flexibility index (Phi) is 6.15. The molecule has 1 aliphatic rings. The van der Waals surface area contributed by atoms with Crippen molar-refractivity contribution < 1.29 is 17.9 Å². The molecule has 0 aliphatic carbocycles. The minimum atomic E-state index is -3.42. The van der Waals surface area contributed by atoms with Gasteiger partial charge in [0.1, 0.15) is 0 Å². The van der Waals surface area contributed by atoms with Crippen molar-refractivity contribution in [3.63, 3.8) is 0 Å². The normalized spacial score (nSPS) is 19.1. The lowest BCUT2D eigenvalue weighted by Gasteiger charge is -2.34. The zero-order valence-electron chi connectivity index (χ0n) is 13.6. The van der Waals surface area contributed by atoms with Crippen molar-refractivity contribution in [1.82, 2.24) is 9.21 Å². The molecule has 1 aromatic rings. The zero-order chi connectivity index (χ0) is 16.9. The van der Waals surface area contributed by atoms with E-state index in [1.54, 1.807) is 31.2 Å². The maximum absolute atomic E-state index is 12.6. The van der Waals surface area contributed by atoms with E-state index < -0.39 is 15.3 Å². The van der Waals surface area contributed by atoms with Gasteiger partial charge in [-0.05, 0) is 25.0 Å². The average Bonchev–Trinajstić information content (AvgIpc) is 2.59. The first-order valence-corrected chi connectivity index (χ1v) is 9.25. The summed E-state index contributed by atoms with van der Waals surface area (Å²) in [5.74, 6) is -0.106. The molecule has 1 atom stereocenters. The van der Waals surface area contributed by atoms with Gasteiger partial charge >= 0.3 is 0 Å². The van der Waals surface area contributed by atoms with Crippen molar-refractivity contribution in [3.05, 3.63) is 35.9 Å². The number of ether oxygens (including phenoxy) is 1. The van der Waals surface area contributed by atoms with Crippen LogP contribution in [0.15, 0.2) is 30.3 Å². The maximum atomic E-state index is 12.6. The Bertz CT molecular complexity index is 618. The van der Waals surface area contributed by atoms with Gasteiger partial charge in [0.2, 0.25) is 10.0 Å². The number of carbonyl (C=O) groups is 1. The first-order chi connectivity index (χ1) is 11.0. The van der Waals surface area contributed by atoms with Crippen LogP contribution in [0.1, 0.15) is 23.2 Å². The molecule has 1 fully saturated rings. The van der Waals surface area contributed by atoms with Gasteiger partial charge in [0.05, 0.1) is 11.9 Å². The molecule has 6 nitrogen and oxygen atoms in total. The van der Waals surface area contributed by atoms with Gasteiger partial charge in [-0.2, -0.15) is 0 Å². The van der Waals surface area contributed by atoms with Crippen molar-refractivity contribution in [2.24, 2.45) is 0 Å². The fraction of sp³-hybridized carbons (Fsp3) is 0.562. The van der Waals surface area contributed by atoms with Crippen LogP contribution in [0.2, 0.25) is 0 Å². The molecule has 7 heteroatoms. The van der Waals surface area contributed by atoms with Crippen LogP contribution in [0.25, 0.3) is 0 Å². The second kappa shape index (κ2) is 7.90. The first kappa shape index (κ1) is 17.9. The number of methoxy groups -OCH3 is 1. The van der Waals surface area contributed by atoms with Crippen LogP contribution in [0.4, 0.5) is 0 Å². The van der Waals surface area contributed by atoms with Crippen molar-refractivity contribution in [2.45, 2.75) is 18.1 Å². The number of nitrogens with zero attached hydrogens (tertiary/aromatic N) is 2. The number of carbonyl (C=O) groups excluding carboxylic acids is 1. The van der Waals surface area contributed by atoms with E-state index in [0.717, 1.165) is 0 Å². The quantitative estimate of drug-likeness (QED) is 0.780. The fourth-order valence-corrected chi connectivity index (χ4v) is 4.40. The van der Waals surface area contributed by atoms with Crippen LogP contribution < -0.4 is 0 Å². The molecule has 0 spiro atoms. The molecule has 1 heterocycles. The largest absolute Gasteiger partial charge is 0.383 e. The van der Waals surface area contributed by atoms with Crippen molar-refractivity contribution in [3.8, 4) is 0 Å². The molecule has 23 heavy (non-hydrogen) atoms. The molecule has 0 radical (unpaired) electrons. The third-order valence-electron chi connectivity index (χ3n) is 4.15. The summed E-state index contributed by atoms with van der Waals surface area (Å²) in [7, 11) is -0.319. The number of sulfonamides is 1. The highest BCUT2D eigenvalue weighted by molar-refractivity contribution is 7.89. The van der Waals surface area contributed by atoms with E-state index in [2.05, 4.69) is 0 Å². The Hall–Kier alpha value is -1.44. The Labute approximate surface area is 138 Å². The van der Waals surface area contributed by atoms with E-state index in [1.807, 2.05) is 18.2 Å². The lowest BCUT2D eigenvalue weighted by molar-refractivity contribution is 0.0725. The summed E-state index contributed by atoms with van der Waals surface area (Å²) in [6, 6.07) is 8.98. The zero-order valence-corrected chi connectivity index (χ0v) is 14.5. The summed E-state index contributed by atoms with van der Waals surface area (Å²) >= 11 is 0. The molecule has 1 saturated heterocycles. The summed E-state index contributed by atoms with van der Waals surface area (Å²) in [4.78, 5) is 14.2. The van der Waals surface area contributed by atoms with Gasteiger partial charge < -0.3 is 9.64 Å². The fourth-order valence-electron chi connectivity index (χ4n) is 2.73. The molecular weight excluding hydrogens is 316 g/mol. The van der Waals surface area contributed by atoms with Crippen molar-refractivity contribution in [1.29, 1.82) is 0 Å². The number of likely N-dealkylation sites (tertiary alicyclic amines) is 1. The number of amides is 1. The van der Waals surface area contributed by atoms with Gasteiger partial charge in [-0.15, -0.1) is 0 Å². The number of hydrogen-bond donors (Lipinski definition) is 0. The highest BCUT2D eigenvalue weighted by Gasteiger charge is 2.35. The molecule has 0 bridgehead atoms. The van der Waals surface area contributed by atoms with Gasteiger partial charge in [0.15, 0.2) is 0 Å². The monoisotopic (exact) mass is 340 g/mol. The van der Waals surface area contributed by atoms with Crippen molar-refractivity contribution in [2.75, 3.05) is 40.4 Å². The predicted octanol–water partition coefficient (Wildman–Crippen LogP) is 1.20. The second-order valence-electron chi connectivity index (χ2n) is 5.74. The van der Waals surface area contributed by atoms with E-state index in [9.17, 15) is 13.2 Å². The summed E-state index contributed by atoms with van der Waals surface area (Å²) < 4.78 is 31.5. The molecule has 0 unspecified atom stereocenters. The summed E-state index contributed by atoms with van der Waals surface area (Å²) in [6.45, 7) is 1.52. The molecule has 1 aliphatic heterocycles.